The minimum Gasteiger partial charge on any atom is -0.481 e. The van der Waals surface area contributed by atoms with Gasteiger partial charge in [0, 0.05) is 18.7 Å². The predicted molar refractivity (Wildman–Crippen MR) is 76.0 cm³/mol. The molecule has 0 bridgehead atoms. The van der Waals surface area contributed by atoms with Crippen LogP contribution in [0.2, 0.25) is 0 Å². The molecule has 0 amide bonds. The van der Waals surface area contributed by atoms with Crippen LogP contribution >= 0.6 is 0 Å². The number of benzene rings is 1. The molecule has 1 aromatic rings. The van der Waals surface area contributed by atoms with Crippen molar-refractivity contribution in [2.24, 2.45) is 5.41 Å². The Morgan fingerprint density at radius 2 is 2.33 bits per heavy atom. The van der Waals surface area contributed by atoms with E-state index in [4.69, 9.17) is 5.26 Å². The zero-order valence-corrected chi connectivity index (χ0v) is 12.1. The molecule has 0 aliphatic carbocycles. The fourth-order valence-corrected chi connectivity index (χ4v) is 3.06. The second kappa shape index (κ2) is 6.23. The van der Waals surface area contributed by atoms with E-state index in [1.54, 1.807) is 0 Å². The first-order chi connectivity index (χ1) is 10.0. The number of carboxylic acid groups (broad SMARTS) is 1. The van der Waals surface area contributed by atoms with Crippen molar-refractivity contribution in [2.75, 3.05) is 13.1 Å². The van der Waals surface area contributed by atoms with Crippen molar-refractivity contribution in [3.63, 3.8) is 0 Å². The number of hydrogen-bond acceptors (Lipinski definition) is 3. The molecular weight excluding hydrogens is 271 g/mol. The number of carboxylic acids is 1. The molecule has 4 nitrogen and oxygen atoms in total. The van der Waals surface area contributed by atoms with Crippen molar-refractivity contribution in [1.82, 2.24) is 4.90 Å². The number of aliphatic carboxylic acids is 1. The Labute approximate surface area is 123 Å². The van der Waals surface area contributed by atoms with E-state index in [1.165, 1.54) is 18.2 Å². The van der Waals surface area contributed by atoms with Gasteiger partial charge in [-0.05, 0) is 37.6 Å². The highest BCUT2D eigenvalue weighted by atomic mass is 19.1. The molecule has 1 aromatic carbocycles. The smallest absolute Gasteiger partial charge is 0.310 e. The fraction of sp³-hybridized carbons (Fsp3) is 0.500. The van der Waals surface area contributed by atoms with Gasteiger partial charge in [-0.3, -0.25) is 9.69 Å². The Balaban J connectivity index is 2.12. The molecule has 0 saturated carbocycles. The first kappa shape index (κ1) is 15.5. The Morgan fingerprint density at radius 3 is 2.95 bits per heavy atom. The summed E-state index contributed by atoms with van der Waals surface area (Å²) in [6, 6.07) is 6.27. The van der Waals surface area contributed by atoms with E-state index in [0.29, 0.717) is 43.6 Å². The largest absolute Gasteiger partial charge is 0.481 e. The quantitative estimate of drug-likeness (QED) is 0.905. The molecule has 21 heavy (non-hydrogen) atoms. The standard InChI is InChI=1S/C16H19FN2O2/c1-2-5-16(15(20)21)6-7-19(11-16)10-13-8-12(9-18)3-4-14(13)17/h3-4,8H,2,5-7,10-11H2,1H3,(H,20,21). The maximum atomic E-state index is 13.8. The topological polar surface area (TPSA) is 64.3 Å². The number of nitriles is 1. The molecule has 112 valence electrons. The summed E-state index contributed by atoms with van der Waals surface area (Å²) >= 11 is 0. The number of rotatable bonds is 5. The first-order valence-electron chi connectivity index (χ1n) is 7.15. The molecule has 0 radical (unpaired) electrons. The second-order valence-electron chi connectivity index (χ2n) is 5.71. The predicted octanol–water partition coefficient (Wildman–Crippen LogP) is 2.77. The van der Waals surface area contributed by atoms with Crippen molar-refractivity contribution in [3.8, 4) is 6.07 Å². The van der Waals surface area contributed by atoms with Crippen LogP contribution in [0.25, 0.3) is 0 Å². The van der Waals surface area contributed by atoms with Gasteiger partial charge in [0.25, 0.3) is 0 Å². The zero-order valence-electron chi connectivity index (χ0n) is 12.1. The molecule has 5 heteroatoms. The van der Waals surface area contributed by atoms with E-state index in [0.717, 1.165) is 6.42 Å². The minimum atomic E-state index is -0.766. The second-order valence-corrected chi connectivity index (χ2v) is 5.71. The van der Waals surface area contributed by atoms with Gasteiger partial charge in [-0.25, -0.2) is 4.39 Å². The average Bonchev–Trinajstić information content (AvgIpc) is 2.86. The van der Waals surface area contributed by atoms with E-state index in [2.05, 4.69) is 0 Å². The summed E-state index contributed by atoms with van der Waals surface area (Å²) in [7, 11) is 0. The molecule has 1 aliphatic rings. The third-order valence-electron chi connectivity index (χ3n) is 4.18. The number of likely N-dealkylation sites (tertiary alicyclic amines) is 1. The van der Waals surface area contributed by atoms with Gasteiger partial charge < -0.3 is 5.11 Å². The third kappa shape index (κ3) is 3.22. The van der Waals surface area contributed by atoms with E-state index < -0.39 is 11.4 Å². The Kier molecular flexibility index (Phi) is 4.59. The van der Waals surface area contributed by atoms with E-state index in [9.17, 15) is 14.3 Å². The van der Waals surface area contributed by atoms with E-state index in [1.807, 2.05) is 17.9 Å². The highest BCUT2D eigenvalue weighted by Gasteiger charge is 2.43. The zero-order chi connectivity index (χ0) is 15.5. The van der Waals surface area contributed by atoms with Crippen molar-refractivity contribution in [2.45, 2.75) is 32.7 Å². The Bertz CT molecular complexity index is 582. The monoisotopic (exact) mass is 290 g/mol. The lowest BCUT2D eigenvalue weighted by molar-refractivity contribution is -0.148. The molecule has 2 rings (SSSR count). The fourth-order valence-electron chi connectivity index (χ4n) is 3.06. The lowest BCUT2D eigenvalue weighted by Crippen LogP contribution is -2.34. The van der Waals surface area contributed by atoms with Gasteiger partial charge in [0.15, 0.2) is 0 Å². The van der Waals surface area contributed by atoms with Crippen molar-refractivity contribution < 1.29 is 14.3 Å². The SMILES string of the molecule is CCCC1(C(=O)O)CCN(Cc2cc(C#N)ccc2F)C1. The Morgan fingerprint density at radius 1 is 1.57 bits per heavy atom. The molecule has 1 saturated heterocycles. The summed E-state index contributed by atoms with van der Waals surface area (Å²) in [5.41, 5.74) is 0.160. The molecule has 1 fully saturated rings. The Hall–Kier alpha value is -1.93. The molecule has 1 atom stereocenters. The van der Waals surface area contributed by atoms with Crippen molar-refractivity contribution >= 4 is 5.97 Å². The summed E-state index contributed by atoms with van der Waals surface area (Å²) in [6.45, 7) is 3.40. The van der Waals surface area contributed by atoms with Crippen molar-refractivity contribution in [1.29, 1.82) is 5.26 Å². The molecule has 0 aromatic heterocycles. The van der Waals surface area contributed by atoms with Crippen LogP contribution in [0.5, 0.6) is 0 Å². The van der Waals surface area contributed by atoms with Gasteiger partial charge in [-0.1, -0.05) is 13.3 Å². The van der Waals surface area contributed by atoms with Crippen LogP contribution in [-0.4, -0.2) is 29.1 Å². The number of hydrogen-bond donors (Lipinski definition) is 1. The van der Waals surface area contributed by atoms with Crippen LogP contribution in [-0.2, 0) is 11.3 Å². The van der Waals surface area contributed by atoms with E-state index >= 15 is 0 Å². The van der Waals surface area contributed by atoms with Crippen LogP contribution in [0.15, 0.2) is 18.2 Å². The van der Waals surface area contributed by atoms with Gasteiger partial charge in [0.1, 0.15) is 5.82 Å². The van der Waals surface area contributed by atoms with Crippen LogP contribution in [0.1, 0.15) is 37.3 Å². The molecule has 1 unspecified atom stereocenters. The summed E-state index contributed by atoms with van der Waals surface area (Å²) < 4.78 is 13.8. The summed E-state index contributed by atoms with van der Waals surface area (Å²) in [5, 5.41) is 18.3. The average molecular weight is 290 g/mol. The summed E-state index contributed by atoms with van der Waals surface area (Å²) in [4.78, 5) is 13.5. The molecule has 1 heterocycles. The number of carbonyl (C=O) groups is 1. The molecule has 1 aliphatic heterocycles. The highest BCUT2D eigenvalue weighted by Crippen LogP contribution is 2.36. The van der Waals surface area contributed by atoms with Crippen LogP contribution in [0.3, 0.4) is 0 Å². The minimum absolute atomic E-state index is 0.347. The number of halogens is 1. The van der Waals surface area contributed by atoms with Gasteiger partial charge in [-0.2, -0.15) is 5.26 Å². The van der Waals surface area contributed by atoms with Crippen LogP contribution in [0.4, 0.5) is 4.39 Å². The highest BCUT2D eigenvalue weighted by molar-refractivity contribution is 5.75. The van der Waals surface area contributed by atoms with E-state index in [-0.39, 0.29) is 5.82 Å². The third-order valence-corrected chi connectivity index (χ3v) is 4.18. The van der Waals surface area contributed by atoms with Crippen LogP contribution in [0, 0.1) is 22.6 Å². The summed E-state index contributed by atoms with van der Waals surface area (Å²) in [6.07, 6.45) is 2.05. The summed E-state index contributed by atoms with van der Waals surface area (Å²) in [5.74, 6) is -1.12. The van der Waals surface area contributed by atoms with Gasteiger partial charge >= 0.3 is 5.97 Å². The maximum Gasteiger partial charge on any atom is 0.310 e. The normalized spacial score (nSPS) is 22.1. The molecule has 1 N–H and O–H groups in total. The molecule has 0 spiro atoms. The molecular formula is C16H19FN2O2. The lowest BCUT2D eigenvalue weighted by atomic mass is 9.83. The first-order valence-corrected chi connectivity index (χ1v) is 7.15. The lowest BCUT2D eigenvalue weighted by Gasteiger charge is -2.24. The maximum absolute atomic E-state index is 13.8. The van der Waals surface area contributed by atoms with Gasteiger partial charge in [0.05, 0.1) is 17.0 Å². The van der Waals surface area contributed by atoms with Gasteiger partial charge in [0.2, 0.25) is 0 Å². The van der Waals surface area contributed by atoms with Crippen molar-refractivity contribution in [3.05, 3.63) is 35.1 Å². The van der Waals surface area contributed by atoms with Crippen LogP contribution < -0.4 is 0 Å². The van der Waals surface area contributed by atoms with Gasteiger partial charge in [-0.15, -0.1) is 0 Å². The number of nitrogens with zero attached hydrogens (tertiary/aromatic N) is 2.